The lowest BCUT2D eigenvalue weighted by Crippen LogP contribution is -2.62. The molecule has 34 heteroatoms. The number of likely N-dealkylation sites (N-methyl/N-ethyl adjacent to an activating group) is 1. The number of imidazole rings is 1. The number of hydrogen-bond donors (Lipinski definition) is 16. The SMILES string of the molecule is CC(C)[C@H](NC(=O)[C@H](CCCNC(=N)N)NC(=O)[C@@H](N)CC(N)=O)C(=O)N[C@@H](Cc1ccc(O)cc1)C(=O)N[C@H](C(=O)N[C@@H](Cc1cnc[nH]1)C(=O)N1CCC[C@H]1C(=O)N[C@@H](Cc1ccccc1)C(=O)O)C(C)C.CCOC(=O)[C@H](CCc1ccccc1)N[C@@H](C)C(=O)N1C(=O)N(C)C[C@H]1C(=O)O. The Labute approximate surface area is 596 Å². The highest BCUT2D eigenvalue weighted by Crippen LogP contribution is 2.22. The average molecular weight is 1440 g/mol. The van der Waals surface area contributed by atoms with Crippen LogP contribution in [-0.2, 0) is 88.0 Å². The molecule has 0 unspecified atom stereocenters. The van der Waals surface area contributed by atoms with Crippen LogP contribution in [0.2, 0.25) is 0 Å². The maximum atomic E-state index is 14.5. The Morgan fingerprint density at radius 1 is 0.670 bits per heavy atom. The number of imide groups is 1. The zero-order valence-electron chi connectivity index (χ0n) is 58.7. The van der Waals surface area contributed by atoms with E-state index in [1.165, 1.54) is 60.6 Å². The molecule has 0 radical (unpaired) electrons. The Morgan fingerprint density at radius 3 is 1.78 bits per heavy atom. The number of ether oxygens (including phenoxy) is 1. The number of nitrogens with one attached hydrogen (secondary N) is 10. The number of aromatic nitrogens is 2. The lowest BCUT2D eigenvalue weighted by molar-refractivity contribution is -0.148. The average Bonchev–Trinajstić information content (AvgIpc) is 1.69. The number of carbonyl (C=O) groups excluding carboxylic acids is 11. The summed E-state index contributed by atoms with van der Waals surface area (Å²) in [5.74, 6) is -11.6. The summed E-state index contributed by atoms with van der Waals surface area (Å²) in [6.07, 6.45) is 3.84. The number of likely N-dealkylation sites (tertiary alicyclic amines) is 1. The molecule has 11 atom stereocenters. The van der Waals surface area contributed by atoms with Gasteiger partial charge in [0.15, 0.2) is 12.0 Å². The number of phenolic OH excluding ortho intramolecular Hbond substituents is 1. The number of carboxylic acids is 2. The number of hydrogen-bond acceptors (Lipinski definition) is 19. The van der Waals surface area contributed by atoms with E-state index in [0.29, 0.717) is 36.1 Å². The van der Waals surface area contributed by atoms with Crippen LogP contribution in [0.15, 0.2) is 97.5 Å². The second-order valence-corrected chi connectivity index (χ2v) is 25.8. The third-order valence-electron chi connectivity index (χ3n) is 17.0. The number of urea groups is 1. The molecule has 6 rings (SSSR count). The molecule has 19 N–H and O–H groups in total. The number of aromatic amines is 1. The second kappa shape index (κ2) is 40.4. The zero-order chi connectivity index (χ0) is 76.2. The van der Waals surface area contributed by atoms with Gasteiger partial charge < -0.3 is 89.3 Å². The highest BCUT2D eigenvalue weighted by atomic mass is 16.5. The number of carboxylic acid groups (broad SMARTS) is 2. The standard InChI is InChI=1S/C49H70N14O11.C20H27N3O6/c1-26(2)39(61-42(67)33(12-8-18-55-49(52)53)57-41(66)32(50)23-38(51)65)45(70)58-34(20-29-14-16-31(64)17-15-29)43(68)62-40(27(3)4)46(71)59-35(22-30-24-54-25-56-30)47(72)63-19-9-13-37(63)44(69)60-36(48(73)74)21-28-10-6-5-7-11-28;1-4-29-19(27)15(11-10-14-8-6-5-7-9-14)21-13(2)17(24)23-16(18(25)26)12-22(3)20(23)28/h5-7,10-11,14-17,24-27,32-37,39-40,64H,8-9,12-13,18-23,50H2,1-4H3,(H2,51,65)(H,54,56)(H,57,66)(H,58,70)(H,59,71)(H,60,69)(H,61,67)(H,62,68)(H,73,74)(H4,52,53,55);5-9,13,15-16,21H,4,10-12H2,1-3H3,(H,25,26)/t32-,33-,34-,35-,36-,37-,39-,40-;13-,15-,16-/m00/s1. The number of nitrogens with zero attached hydrogens (tertiary/aromatic N) is 4. The van der Waals surface area contributed by atoms with E-state index in [1.54, 1.807) is 65.0 Å². The van der Waals surface area contributed by atoms with Crippen molar-refractivity contribution < 1.29 is 82.4 Å². The van der Waals surface area contributed by atoms with Gasteiger partial charge in [0.05, 0.1) is 38.0 Å². The highest BCUT2D eigenvalue weighted by molar-refractivity contribution is 6.03. The largest absolute Gasteiger partial charge is 0.508 e. The van der Waals surface area contributed by atoms with E-state index in [4.69, 9.17) is 27.3 Å². The quantitative estimate of drug-likeness (QED) is 0.0109. The number of rotatable bonds is 37. The number of amides is 11. The van der Waals surface area contributed by atoms with Crippen molar-refractivity contribution >= 4 is 83.1 Å². The normalized spacial score (nSPS) is 16.7. The van der Waals surface area contributed by atoms with E-state index in [-0.39, 0.29) is 76.5 Å². The predicted molar refractivity (Wildman–Crippen MR) is 373 cm³/mol. The third-order valence-corrected chi connectivity index (χ3v) is 17.0. The van der Waals surface area contributed by atoms with Crippen LogP contribution in [0, 0.1) is 17.2 Å². The van der Waals surface area contributed by atoms with Crippen molar-refractivity contribution in [2.75, 3.05) is 33.3 Å². The van der Waals surface area contributed by atoms with Gasteiger partial charge in [-0.25, -0.2) is 24.3 Å². The minimum Gasteiger partial charge on any atom is -0.508 e. The van der Waals surface area contributed by atoms with Crippen molar-refractivity contribution in [2.24, 2.45) is 29.0 Å². The number of phenols is 1. The molecule has 34 nitrogen and oxygen atoms in total. The number of benzene rings is 3. The summed E-state index contributed by atoms with van der Waals surface area (Å²) in [5, 5.41) is 58.1. The number of guanidine groups is 1. The summed E-state index contributed by atoms with van der Waals surface area (Å²) in [7, 11) is 1.44. The van der Waals surface area contributed by atoms with Gasteiger partial charge in [0.1, 0.15) is 54.1 Å². The summed E-state index contributed by atoms with van der Waals surface area (Å²) < 4.78 is 5.10. The molecule has 3 aromatic carbocycles. The molecular formula is C69H97N17O17. The second-order valence-electron chi connectivity index (χ2n) is 25.8. The lowest BCUT2D eigenvalue weighted by atomic mass is 9.98. The van der Waals surface area contributed by atoms with Crippen LogP contribution in [-0.4, -0.2) is 223 Å². The van der Waals surface area contributed by atoms with E-state index in [2.05, 4.69) is 52.5 Å². The van der Waals surface area contributed by atoms with Crippen LogP contribution in [0.1, 0.15) is 102 Å². The highest BCUT2D eigenvalue weighted by Gasteiger charge is 2.46. The Hall–Kier alpha value is -11.0. The number of aryl methyl sites for hydroxylation is 1. The number of aliphatic carboxylic acids is 2. The molecule has 103 heavy (non-hydrogen) atoms. The molecule has 1 aromatic heterocycles. The third kappa shape index (κ3) is 25.8. The summed E-state index contributed by atoms with van der Waals surface area (Å²) in [4.78, 5) is 181. The van der Waals surface area contributed by atoms with Crippen molar-refractivity contribution in [3.8, 4) is 5.75 Å². The minimum absolute atomic E-state index is 0.000167. The van der Waals surface area contributed by atoms with Gasteiger partial charge in [0.25, 0.3) is 0 Å². The Balaban J connectivity index is 0.000000546. The van der Waals surface area contributed by atoms with Gasteiger partial charge >= 0.3 is 23.9 Å². The zero-order valence-corrected chi connectivity index (χ0v) is 58.7. The fourth-order valence-electron chi connectivity index (χ4n) is 11.4. The maximum absolute atomic E-state index is 14.5. The molecule has 0 bridgehead atoms. The molecule has 2 fully saturated rings. The molecule has 3 heterocycles. The van der Waals surface area contributed by atoms with E-state index in [9.17, 15) is 77.6 Å². The molecule has 2 aliphatic heterocycles. The molecule has 2 saturated heterocycles. The first kappa shape index (κ1) is 82.6. The van der Waals surface area contributed by atoms with Crippen molar-refractivity contribution in [3.63, 3.8) is 0 Å². The first-order valence-electron chi connectivity index (χ1n) is 33.8. The van der Waals surface area contributed by atoms with Crippen LogP contribution < -0.4 is 59.7 Å². The van der Waals surface area contributed by atoms with E-state index < -0.39 is 162 Å². The number of carbonyl (C=O) groups is 13. The molecular weight excluding hydrogens is 1340 g/mol. The summed E-state index contributed by atoms with van der Waals surface area (Å²) in [6, 6.07) is 10.1. The molecule has 11 amide bonds. The summed E-state index contributed by atoms with van der Waals surface area (Å²) in [5.41, 5.74) is 19.1. The fraction of sp³-hybridized carbons (Fsp3) is 0.493. The van der Waals surface area contributed by atoms with E-state index in [0.717, 1.165) is 10.5 Å². The van der Waals surface area contributed by atoms with Crippen LogP contribution >= 0.6 is 0 Å². The number of H-pyrrole nitrogens is 1. The maximum Gasteiger partial charge on any atom is 0.328 e. The Morgan fingerprint density at radius 2 is 1.23 bits per heavy atom. The molecule has 4 aromatic rings. The van der Waals surface area contributed by atoms with Crippen molar-refractivity contribution in [3.05, 3.63) is 120 Å². The fourth-order valence-corrected chi connectivity index (χ4v) is 11.4. The van der Waals surface area contributed by atoms with Crippen LogP contribution in [0.5, 0.6) is 5.75 Å². The van der Waals surface area contributed by atoms with E-state index in [1.807, 2.05) is 30.3 Å². The van der Waals surface area contributed by atoms with Crippen LogP contribution in [0.3, 0.4) is 0 Å². The van der Waals surface area contributed by atoms with E-state index >= 15 is 0 Å². The van der Waals surface area contributed by atoms with Gasteiger partial charge in [-0.2, -0.15) is 0 Å². The molecule has 0 aliphatic carbocycles. The van der Waals surface area contributed by atoms with Gasteiger partial charge in [-0.05, 0) is 93.0 Å². The van der Waals surface area contributed by atoms with Crippen molar-refractivity contribution in [1.82, 2.24) is 67.2 Å². The topological polar surface area (TPSA) is 528 Å². The number of esters is 1. The Bertz CT molecular complexity index is 3570. The van der Waals surface area contributed by atoms with Crippen molar-refractivity contribution in [2.45, 2.75) is 172 Å². The monoisotopic (exact) mass is 1440 g/mol. The molecule has 2 aliphatic rings. The Kier molecular flexibility index (Phi) is 32.4. The van der Waals surface area contributed by atoms with Gasteiger partial charge in [-0.1, -0.05) is 100 Å². The number of nitrogens with two attached hydrogens (primary N) is 3. The first-order chi connectivity index (χ1) is 48.8. The van der Waals surface area contributed by atoms with Gasteiger partial charge in [-0.15, -0.1) is 0 Å². The van der Waals surface area contributed by atoms with Crippen LogP contribution in [0.4, 0.5) is 4.79 Å². The minimum atomic E-state index is -1.41. The van der Waals surface area contributed by atoms with Gasteiger partial charge in [-0.3, -0.25) is 58.7 Å². The smallest absolute Gasteiger partial charge is 0.328 e. The molecule has 0 saturated carbocycles. The number of aromatic hydroxyl groups is 1. The predicted octanol–water partition coefficient (Wildman–Crippen LogP) is -1.22. The lowest BCUT2D eigenvalue weighted by Gasteiger charge is -2.31. The molecule has 560 valence electrons. The van der Waals surface area contributed by atoms with Gasteiger partial charge in [0.2, 0.25) is 53.2 Å². The summed E-state index contributed by atoms with van der Waals surface area (Å²) in [6.45, 7) is 10.1. The van der Waals surface area contributed by atoms with Crippen molar-refractivity contribution in [1.29, 1.82) is 5.41 Å². The molecule has 0 spiro atoms. The van der Waals surface area contributed by atoms with Gasteiger partial charge in [0, 0.05) is 51.3 Å². The van der Waals surface area contributed by atoms with Crippen LogP contribution in [0.25, 0.3) is 0 Å². The first-order valence-corrected chi connectivity index (χ1v) is 33.8. The number of primary amides is 1. The summed E-state index contributed by atoms with van der Waals surface area (Å²) >= 11 is 0.